The largest absolute Gasteiger partial charge is 0.497 e. The molecular formula is C26H25N3O4S. The molecule has 2 aliphatic rings. The molecule has 0 aliphatic carbocycles. The Morgan fingerprint density at radius 3 is 2.47 bits per heavy atom. The maximum absolute atomic E-state index is 13.8. The highest BCUT2D eigenvalue weighted by Crippen LogP contribution is 2.50. The Labute approximate surface area is 203 Å². The third kappa shape index (κ3) is 3.51. The monoisotopic (exact) mass is 475 g/mol. The van der Waals surface area contributed by atoms with Crippen LogP contribution in [0.3, 0.4) is 0 Å². The highest BCUT2D eigenvalue weighted by Gasteiger charge is 2.59. The van der Waals surface area contributed by atoms with E-state index in [0.717, 1.165) is 5.56 Å². The summed E-state index contributed by atoms with van der Waals surface area (Å²) in [6.45, 7) is 1.90. The van der Waals surface area contributed by atoms with Gasteiger partial charge in [0.1, 0.15) is 23.2 Å². The predicted molar refractivity (Wildman–Crippen MR) is 135 cm³/mol. The maximum Gasteiger partial charge on any atom is 0.236 e. The lowest BCUT2D eigenvalue weighted by Gasteiger charge is -2.56. The van der Waals surface area contributed by atoms with Gasteiger partial charge >= 0.3 is 0 Å². The van der Waals surface area contributed by atoms with Crippen molar-refractivity contribution in [2.24, 2.45) is 5.92 Å². The highest BCUT2D eigenvalue weighted by atomic mass is 32.1. The molecule has 174 valence electrons. The number of nitrogens with one attached hydrogen (secondary N) is 2. The van der Waals surface area contributed by atoms with Crippen LogP contribution in [-0.4, -0.2) is 31.0 Å². The quantitative estimate of drug-likeness (QED) is 0.527. The van der Waals surface area contributed by atoms with Crippen LogP contribution in [0, 0.1) is 5.92 Å². The average Bonchev–Trinajstić information content (AvgIpc) is 2.84. The zero-order chi connectivity index (χ0) is 23.9. The number of hydrogen-bond acceptors (Lipinski definition) is 5. The molecule has 0 unspecified atom stereocenters. The fourth-order valence-corrected chi connectivity index (χ4v) is 5.21. The van der Waals surface area contributed by atoms with Crippen molar-refractivity contribution in [2.45, 2.75) is 18.7 Å². The number of carbonyl (C=O) groups is 1. The van der Waals surface area contributed by atoms with Gasteiger partial charge in [-0.3, -0.25) is 9.69 Å². The number of ether oxygens (including phenoxy) is 3. The Morgan fingerprint density at radius 2 is 1.74 bits per heavy atom. The highest BCUT2D eigenvalue weighted by molar-refractivity contribution is 7.80. The van der Waals surface area contributed by atoms with E-state index in [1.165, 1.54) is 0 Å². The van der Waals surface area contributed by atoms with Gasteiger partial charge in [0.15, 0.2) is 10.8 Å². The van der Waals surface area contributed by atoms with Crippen LogP contribution in [0.4, 0.5) is 11.4 Å². The van der Waals surface area contributed by atoms with Gasteiger partial charge in [-0.1, -0.05) is 30.3 Å². The summed E-state index contributed by atoms with van der Waals surface area (Å²) in [5.74, 6) is 1.22. The molecule has 2 heterocycles. The minimum atomic E-state index is -1.12. The molecule has 8 heteroatoms. The second kappa shape index (κ2) is 8.53. The summed E-state index contributed by atoms with van der Waals surface area (Å²) in [5, 5.41) is 6.91. The Morgan fingerprint density at radius 1 is 1.03 bits per heavy atom. The molecule has 5 rings (SSSR count). The van der Waals surface area contributed by atoms with Crippen LogP contribution in [0.1, 0.15) is 18.5 Å². The number of amides is 1. The molecule has 0 saturated carbocycles. The molecule has 0 spiro atoms. The van der Waals surface area contributed by atoms with Gasteiger partial charge in [0, 0.05) is 11.3 Å². The van der Waals surface area contributed by atoms with Crippen molar-refractivity contribution >= 4 is 34.6 Å². The number of nitrogens with zero attached hydrogens (tertiary/aromatic N) is 1. The number of carbonyl (C=O) groups excluding carboxylic acids is 1. The first-order valence-electron chi connectivity index (χ1n) is 10.9. The molecule has 2 aliphatic heterocycles. The number of anilines is 2. The second-order valence-electron chi connectivity index (χ2n) is 8.32. The van der Waals surface area contributed by atoms with Crippen LogP contribution >= 0.6 is 12.2 Å². The Kier molecular flexibility index (Phi) is 5.53. The minimum absolute atomic E-state index is 0.193. The van der Waals surface area contributed by atoms with Crippen molar-refractivity contribution in [1.29, 1.82) is 0 Å². The van der Waals surface area contributed by atoms with E-state index < -0.39 is 11.6 Å². The summed E-state index contributed by atoms with van der Waals surface area (Å²) in [6, 6.07) is 22.1. The van der Waals surface area contributed by atoms with E-state index in [1.54, 1.807) is 26.4 Å². The third-order valence-corrected chi connectivity index (χ3v) is 6.67. The van der Waals surface area contributed by atoms with Crippen LogP contribution in [0.2, 0.25) is 0 Å². The number of thiocarbonyl (C=S) groups is 1. The number of benzene rings is 3. The lowest BCUT2D eigenvalue weighted by Crippen LogP contribution is -2.72. The molecule has 3 aromatic carbocycles. The molecular weight excluding hydrogens is 450 g/mol. The van der Waals surface area contributed by atoms with Crippen LogP contribution in [0.25, 0.3) is 0 Å². The summed E-state index contributed by atoms with van der Waals surface area (Å²) < 4.78 is 17.4. The van der Waals surface area contributed by atoms with Crippen molar-refractivity contribution in [2.75, 3.05) is 24.4 Å². The number of para-hydroxylation sites is 3. The predicted octanol–water partition coefficient (Wildman–Crippen LogP) is 4.50. The summed E-state index contributed by atoms with van der Waals surface area (Å²) in [6.07, 6.45) is 0. The lowest BCUT2D eigenvalue weighted by molar-refractivity contribution is -0.130. The first-order valence-corrected chi connectivity index (χ1v) is 11.3. The van der Waals surface area contributed by atoms with E-state index in [9.17, 15) is 4.79 Å². The first-order chi connectivity index (χ1) is 16.5. The van der Waals surface area contributed by atoms with Crippen molar-refractivity contribution in [1.82, 2.24) is 5.32 Å². The van der Waals surface area contributed by atoms with Gasteiger partial charge in [-0.25, -0.2) is 0 Å². The normalized spacial score (nSPS) is 22.7. The van der Waals surface area contributed by atoms with Gasteiger partial charge < -0.3 is 24.8 Å². The topological polar surface area (TPSA) is 72.1 Å². The van der Waals surface area contributed by atoms with E-state index in [4.69, 9.17) is 26.4 Å². The number of methoxy groups -OCH3 is 2. The van der Waals surface area contributed by atoms with Gasteiger partial charge in [0.25, 0.3) is 0 Å². The number of rotatable bonds is 5. The van der Waals surface area contributed by atoms with Crippen molar-refractivity contribution in [3.05, 3.63) is 78.4 Å². The van der Waals surface area contributed by atoms with Crippen LogP contribution in [0.5, 0.6) is 17.2 Å². The SMILES string of the molecule is COc1ccc(NC(=O)[C@@H]2[C@@H]3NC(=S)N(c4ccccc4OC)[C@]2(C)Oc2ccccc23)cc1. The summed E-state index contributed by atoms with van der Waals surface area (Å²) >= 11 is 5.80. The number of fused-ring (bicyclic) bond motifs is 4. The van der Waals surface area contributed by atoms with Crippen LogP contribution in [0.15, 0.2) is 72.8 Å². The average molecular weight is 476 g/mol. The number of hydrogen-bond donors (Lipinski definition) is 2. The van der Waals surface area contributed by atoms with Crippen molar-refractivity contribution in [3.63, 3.8) is 0 Å². The maximum atomic E-state index is 13.8. The molecule has 0 aromatic heterocycles. The van der Waals surface area contributed by atoms with E-state index in [2.05, 4.69) is 10.6 Å². The van der Waals surface area contributed by atoms with Gasteiger partial charge in [0.2, 0.25) is 5.91 Å². The van der Waals surface area contributed by atoms with Gasteiger partial charge in [-0.15, -0.1) is 0 Å². The van der Waals surface area contributed by atoms with E-state index in [-0.39, 0.29) is 11.9 Å². The summed E-state index contributed by atoms with van der Waals surface area (Å²) in [5.41, 5.74) is 1.15. The zero-order valence-corrected chi connectivity index (χ0v) is 19.9. The minimum Gasteiger partial charge on any atom is -0.497 e. The molecule has 34 heavy (non-hydrogen) atoms. The fourth-order valence-electron chi connectivity index (χ4n) is 4.80. The fraction of sp³-hybridized carbons (Fsp3) is 0.231. The van der Waals surface area contributed by atoms with E-state index >= 15 is 0 Å². The van der Waals surface area contributed by atoms with Gasteiger partial charge in [0.05, 0.1) is 25.9 Å². The Bertz CT molecular complexity index is 1250. The Hall–Kier alpha value is -3.78. The zero-order valence-electron chi connectivity index (χ0n) is 19.1. The first kappa shape index (κ1) is 22.0. The van der Waals surface area contributed by atoms with Gasteiger partial charge in [-0.05, 0) is 61.6 Å². The molecule has 2 N–H and O–H groups in total. The van der Waals surface area contributed by atoms with E-state index in [1.807, 2.05) is 72.5 Å². The third-order valence-electron chi connectivity index (χ3n) is 6.37. The van der Waals surface area contributed by atoms with Crippen LogP contribution in [-0.2, 0) is 4.79 Å². The summed E-state index contributed by atoms with van der Waals surface area (Å²) in [7, 11) is 3.21. The van der Waals surface area contributed by atoms with Gasteiger partial charge in [-0.2, -0.15) is 0 Å². The summed E-state index contributed by atoms with van der Waals surface area (Å²) in [4.78, 5) is 15.7. The van der Waals surface area contributed by atoms with E-state index in [0.29, 0.717) is 33.7 Å². The molecule has 1 saturated heterocycles. The van der Waals surface area contributed by atoms with Crippen LogP contribution < -0.4 is 29.7 Å². The lowest BCUT2D eigenvalue weighted by atomic mass is 9.78. The second-order valence-corrected chi connectivity index (χ2v) is 8.71. The van der Waals surface area contributed by atoms with Crippen molar-refractivity contribution < 1.29 is 19.0 Å². The smallest absolute Gasteiger partial charge is 0.236 e. The molecule has 0 radical (unpaired) electrons. The molecule has 3 atom stereocenters. The molecule has 3 aromatic rings. The molecule has 7 nitrogen and oxygen atoms in total. The molecule has 1 amide bonds. The Balaban J connectivity index is 1.60. The molecule has 1 fully saturated rings. The standard InChI is InChI=1S/C26H25N3O4S/c1-26-22(24(30)27-16-12-14-17(31-2)15-13-16)23(18-8-4-6-10-20(18)33-26)28-25(34)29(26)19-9-5-7-11-21(19)32-3/h4-15,22-23H,1-3H3,(H,27,30)(H,28,34)/t22-,23+,26+/m0/s1. The van der Waals surface area contributed by atoms with Crippen molar-refractivity contribution in [3.8, 4) is 17.2 Å². The molecule has 2 bridgehead atoms.